The molecule has 20 heavy (non-hydrogen) atoms. The van der Waals surface area contributed by atoms with E-state index in [1.165, 1.54) is 16.8 Å². The molecule has 9 heteroatoms. The molecule has 1 aliphatic rings. The lowest BCUT2D eigenvalue weighted by Gasteiger charge is -2.19. The van der Waals surface area contributed by atoms with Crippen LogP contribution < -0.4 is 11.2 Å². The van der Waals surface area contributed by atoms with Gasteiger partial charge < -0.3 is 14.2 Å². The van der Waals surface area contributed by atoms with Gasteiger partial charge in [-0.05, 0) is 26.9 Å². The smallest absolute Gasteiger partial charge is 0.330 e. The molecule has 2 rings (SSSR count). The Kier molecular flexibility index (Phi) is 5.06. The minimum absolute atomic E-state index is 0.170. The minimum atomic E-state index is -1.60. The maximum Gasteiger partial charge on any atom is 0.330 e. The summed E-state index contributed by atoms with van der Waals surface area (Å²) in [6, 6.07) is 1.29. The Balaban J connectivity index is 1.92. The molecular weight excluding hydrogens is 285 g/mol. The van der Waals surface area contributed by atoms with E-state index in [0.29, 0.717) is 6.42 Å². The highest BCUT2D eigenvalue weighted by atomic mass is 31.2. The molecule has 0 aromatic carbocycles. The summed E-state index contributed by atoms with van der Waals surface area (Å²) in [5.74, 6) is 0. The lowest BCUT2D eigenvalue weighted by atomic mass is 10.2. The van der Waals surface area contributed by atoms with E-state index >= 15 is 0 Å². The molecule has 3 unspecified atom stereocenters. The zero-order valence-corrected chi connectivity index (χ0v) is 12.2. The number of nitrogens with one attached hydrogen (secondary N) is 1. The van der Waals surface area contributed by atoms with Gasteiger partial charge in [0.1, 0.15) is 6.23 Å². The van der Waals surface area contributed by atoms with Crippen LogP contribution in [-0.4, -0.2) is 45.9 Å². The van der Waals surface area contributed by atoms with Crippen molar-refractivity contribution in [3.63, 3.8) is 0 Å². The molecule has 3 atom stereocenters. The third-order valence-electron chi connectivity index (χ3n) is 2.96. The highest BCUT2D eigenvalue weighted by Crippen LogP contribution is 2.35. The van der Waals surface area contributed by atoms with Crippen LogP contribution in [0.25, 0.3) is 0 Å². The van der Waals surface area contributed by atoms with Gasteiger partial charge in [-0.25, -0.2) is 9.46 Å². The first-order valence-electron chi connectivity index (χ1n) is 6.23. The molecule has 1 saturated heterocycles. The summed E-state index contributed by atoms with van der Waals surface area (Å²) in [5, 5.41) is 0. The molecule has 8 nitrogen and oxygen atoms in total. The Bertz CT molecular complexity index is 557. The fourth-order valence-corrected chi connectivity index (χ4v) is 2.46. The minimum Gasteiger partial charge on any atom is -0.352 e. The van der Waals surface area contributed by atoms with Gasteiger partial charge in [0.05, 0.1) is 12.7 Å². The summed E-state index contributed by atoms with van der Waals surface area (Å²) in [6.07, 6.45) is 2.24. The highest BCUT2D eigenvalue weighted by Gasteiger charge is 2.28. The first-order chi connectivity index (χ1) is 9.47. The maximum atomic E-state index is 11.6. The second-order valence-corrected chi connectivity index (χ2v) is 6.27. The Morgan fingerprint density at radius 2 is 2.30 bits per heavy atom. The van der Waals surface area contributed by atoms with Crippen molar-refractivity contribution in [3.8, 4) is 0 Å². The van der Waals surface area contributed by atoms with Gasteiger partial charge in [0.2, 0.25) is 0 Å². The second kappa shape index (κ2) is 6.60. The fourth-order valence-electron chi connectivity index (χ4n) is 1.93. The molecule has 112 valence electrons. The molecule has 1 aromatic rings. The molecule has 0 amide bonds. The maximum absolute atomic E-state index is 11.6. The van der Waals surface area contributed by atoms with Crippen LogP contribution in [0.5, 0.6) is 0 Å². The molecule has 1 aromatic heterocycles. The quantitative estimate of drug-likeness (QED) is 0.744. The largest absolute Gasteiger partial charge is 0.352 e. The van der Waals surface area contributed by atoms with E-state index in [2.05, 4.69) is 4.98 Å². The molecule has 0 bridgehead atoms. The molecule has 0 aliphatic carbocycles. The van der Waals surface area contributed by atoms with E-state index in [4.69, 9.17) is 9.26 Å². The van der Waals surface area contributed by atoms with Crippen LogP contribution in [-0.2, 0) is 9.26 Å². The van der Waals surface area contributed by atoms with E-state index < -0.39 is 26.0 Å². The Hall–Kier alpha value is -1.05. The molecular formula is C11H18N3O5P. The number of aromatic nitrogens is 2. The predicted octanol–water partition coefficient (Wildman–Crippen LogP) is 0.0116. The summed E-state index contributed by atoms with van der Waals surface area (Å²) in [5.41, 5.74) is -0.914. The summed E-state index contributed by atoms with van der Waals surface area (Å²) in [7, 11) is 1.85. The molecule has 0 spiro atoms. The second-order valence-electron chi connectivity index (χ2n) is 4.70. The van der Waals surface area contributed by atoms with Crippen molar-refractivity contribution < 1.29 is 14.2 Å². The van der Waals surface area contributed by atoms with Gasteiger partial charge in [-0.1, -0.05) is 0 Å². The first-order valence-corrected chi connectivity index (χ1v) is 7.40. The van der Waals surface area contributed by atoms with Crippen LogP contribution in [0.4, 0.5) is 0 Å². The van der Waals surface area contributed by atoms with E-state index in [0.717, 1.165) is 6.42 Å². The fraction of sp³-hybridized carbons (Fsp3) is 0.636. The molecule has 1 aliphatic heterocycles. The first kappa shape index (κ1) is 15.3. The Morgan fingerprint density at radius 1 is 1.55 bits per heavy atom. The predicted molar refractivity (Wildman–Crippen MR) is 73.2 cm³/mol. The number of rotatable bonds is 5. The van der Waals surface area contributed by atoms with E-state index in [1.807, 2.05) is 0 Å². The van der Waals surface area contributed by atoms with E-state index in [1.54, 1.807) is 18.8 Å². The van der Waals surface area contributed by atoms with Gasteiger partial charge in [0.25, 0.3) is 14.1 Å². The summed E-state index contributed by atoms with van der Waals surface area (Å²) in [4.78, 5) is 34.4. The standard InChI is InChI=1S/C11H18N3O5P/c1-13(2)20(17)18-7-8-3-4-10(19-8)14-6-5-9(15)12-11(14)16/h5-6,8,10,17H,3-4,7H2,1-2H3,(H,12,15,16). The molecule has 2 heterocycles. The van der Waals surface area contributed by atoms with Crippen LogP contribution in [0.1, 0.15) is 19.1 Å². The van der Waals surface area contributed by atoms with Crippen LogP contribution >= 0.6 is 8.53 Å². The topological polar surface area (TPSA) is 96.8 Å². The summed E-state index contributed by atoms with van der Waals surface area (Å²) in [6.45, 7) is 0.273. The summed E-state index contributed by atoms with van der Waals surface area (Å²) >= 11 is 0. The van der Waals surface area contributed by atoms with Crippen molar-refractivity contribution in [2.24, 2.45) is 0 Å². The number of H-pyrrole nitrogens is 1. The van der Waals surface area contributed by atoms with Crippen molar-refractivity contribution in [2.45, 2.75) is 25.2 Å². The van der Waals surface area contributed by atoms with E-state index in [-0.39, 0.29) is 12.7 Å². The van der Waals surface area contributed by atoms with E-state index in [9.17, 15) is 14.5 Å². The lowest BCUT2D eigenvalue weighted by molar-refractivity contribution is -0.0207. The molecule has 0 radical (unpaired) electrons. The van der Waals surface area contributed by atoms with Gasteiger partial charge in [-0.15, -0.1) is 0 Å². The van der Waals surface area contributed by atoms with Crippen molar-refractivity contribution in [1.29, 1.82) is 0 Å². The van der Waals surface area contributed by atoms with Gasteiger partial charge in [0, 0.05) is 12.3 Å². The van der Waals surface area contributed by atoms with Crippen molar-refractivity contribution in [3.05, 3.63) is 33.1 Å². The van der Waals surface area contributed by atoms with Crippen LogP contribution in [0.2, 0.25) is 0 Å². The number of hydrogen-bond acceptors (Lipinski definition) is 6. The Morgan fingerprint density at radius 3 is 2.95 bits per heavy atom. The van der Waals surface area contributed by atoms with Crippen LogP contribution in [0, 0.1) is 0 Å². The van der Waals surface area contributed by atoms with Gasteiger partial charge in [-0.3, -0.25) is 14.3 Å². The van der Waals surface area contributed by atoms with Crippen molar-refractivity contribution in [1.82, 2.24) is 14.2 Å². The number of hydrogen-bond donors (Lipinski definition) is 2. The normalized spacial score (nSPS) is 24.2. The summed E-state index contributed by atoms with van der Waals surface area (Å²) < 4.78 is 13.9. The zero-order chi connectivity index (χ0) is 14.7. The van der Waals surface area contributed by atoms with Crippen LogP contribution in [0.15, 0.2) is 21.9 Å². The average Bonchev–Trinajstić information content (AvgIpc) is 2.84. The third-order valence-corrected chi connectivity index (χ3v) is 4.03. The average molecular weight is 303 g/mol. The van der Waals surface area contributed by atoms with Gasteiger partial charge >= 0.3 is 5.69 Å². The Labute approximate surface area is 116 Å². The van der Waals surface area contributed by atoms with Crippen LogP contribution in [0.3, 0.4) is 0 Å². The molecule has 2 N–H and O–H groups in total. The molecule has 1 fully saturated rings. The number of ether oxygens (including phenoxy) is 1. The highest BCUT2D eigenvalue weighted by molar-refractivity contribution is 7.43. The lowest BCUT2D eigenvalue weighted by Crippen LogP contribution is -2.31. The van der Waals surface area contributed by atoms with Gasteiger partial charge in [-0.2, -0.15) is 0 Å². The number of aromatic amines is 1. The van der Waals surface area contributed by atoms with Crippen molar-refractivity contribution >= 4 is 8.53 Å². The van der Waals surface area contributed by atoms with Gasteiger partial charge in [0.15, 0.2) is 0 Å². The molecule has 0 saturated carbocycles. The monoisotopic (exact) mass is 303 g/mol. The van der Waals surface area contributed by atoms with Crippen molar-refractivity contribution in [2.75, 3.05) is 20.7 Å². The SMILES string of the molecule is CN(C)P(O)OCC1CCC(n2ccc(=O)[nH]c2=O)O1. The zero-order valence-electron chi connectivity index (χ0n) is 11.4. The third kappa shape index (κ3) is 3.74. The number of nitrogens with zero attached hydrogens (tertiary/aromatic N) is 2.